The van der Waals surface area contributed by atoms with E-state index in [9.17, 15) is 19.8 Å². The number of aromatic hydroxyl groups is 2. The Morgan fingerprint density at radius 2 is 1.77 bits per heavy atom. The fourth-order valence-electron chi connectivity index (χ4n) is 2.06. The summed E-state index contributed by atoms with van der Waals surface area (Å²) in [6.07, 6.45) is 1.06. The van der Waals surface area contributed by atoms with Crippen LogP contribution in [0.2, 0.25) is 0 Å². The predicted octanol–water partition coefficient (Wildman–Crippen LogP) is 2.46. The van der Waals surface area contributed by atoms with Crippen molar-refractivity contribution in [1.82, 2.24) is 0 Å². The van der Waals surface area contributed by atoms with Crippen molar-refractivity contribution in [3.63, 3.8) is 0 Å². The molecule has 6 heteroatoms. The van der Waals surface area contributed by atoms with Gasteiger partial charge in [-0.3, -0.25) is 9.59 Å². The highest BCUT2D eigenvalue weighted by Gasteiger charge is 2.16. The summed E-state index contributed by atoms with van der Waals surface area (Å²) in [5, 5.41) is 21.4. The van der Waals surface area contributed by atoms with Crippen molar-refractivity contribution >= 4 is 22.6 Å². The topological polar surface area (TPSA) is 99.8 Å². The molecule has 0 aliphatic heterocycles. The van der Waals surface area contributed by atoms with Crippen molar-refractivity contribution in [2.75, 3.05) is 5.32 Å². The van der Waals surface area contributed by atoms with Gasteiger partial charge in [0.15, 0.2) is 0 Å². The highest BCUT2D eigenvalue weighted by atomic mass is 16.3. The Hall–Kier alpha value is -3.28. The predicted molar refractivity (Wildman–Crippen MR) is 80.2 cm³/mol. The molecule has 0 fully saturated rings. The van der Waals surface area contributed by atoms with Gasteiger partial charge in [-0.25, -0.2) is 0 Å². The standard InChI is InChI=1S/C16H11NO5/c18-10-6-4-9(5-7-10)17-16(21)11-8-22-13-3-1-2-12(19)14(13)15(11)20/h1-8,18-19H,(H,17,21). The molecule has 2 aromatic carbocycles. The first-order chi connectivity index (χ1) is 10.6. The SMILES string of the molecule is O=C(Nc1ccc(O)cc1)c1coc2cccc(O)c2c1=O. The molecule has 0 unspecified atom stereocenters. The Morgan fingerprint density at radius 3 is 2.50 bits per heavy atom. The summed E-state index contributed by atoms with van der Waals surface area (Å²) >= 11 is 0. The molecule has 0 aliphatic carbocycles. The number of nitrogens with one attached hydrogen (secondary N) is 1. The molecule has 1 amide bonds. The molecule has 3 N–H and O–H groups in total. The molecule has 0 aliphatic rings. The van der Waals surface area contributed by atoms with E-state index in [0.717, 1.165) is 6.26 Å². The van der Waals surface area contributed by atoms with Gasteiger partial charge in [0.1, 0.15) is 34.3 Å². The number of hydrogen-bond acceptors (Lipinski definition) is 5. The average Bonchev–Trinajstić information content (AvgIpc) is 2.50. The van der Waals surface area contributed by atoms with Crippen molar-refractivity contribution < 1.29 is 19.4 Å². The van der Waals surface area contributed by atoms with Crippen LogP contribution in [0.5, 0.6) is 11.5 Å². The van der Waals surface area contributed by atoms with Crippen LogP contribution in [0.3, 0.4) is 0 Å². The van der Waals surface area contributed by atoms with E-state index >= 15 is 0 Å². The number of amides is 1. The molecule has 1 aromatic heterocycles. The summed E-state index contributed by atoms with van der Waals surface area (Å²) in [6.45, 7) is 0. The minimum absolute atomic E-state index is 0.0409. The molecule has 0 spiro atoms. The molecule has 110 valence electrons. The van der Waals surface area contributed by atoms with E-state index in [2.05, 4.69) is 5.32 Å². The maximum atomic E-state index is 12.3. The average molecular weight is 297 g/mol. The largest absolute Gasteiger partial charge is 0.508 e. The lowest BCUT2D eigenvalue weighted by atomic mass is 10.1. The highest BCUT2D eigenvalue weighted by molar-refractivity contribution is 6.05. The third kappa shape index (κ3) is 2.37. The van der Waals surface area contributed by atoms with Gasteiger partial charge in [0.25, 0.3) is 5.91 Å². The number of anilines is 1. The van der Waals surface area contributed by atoms with Crippen LogP contribution < -0.4 is 10.7 Å². The molecule has 0 radical (unpaired) electrons. The van der Waals surface area contributed by atoms with E-state index < -0.39 is 11.3 Å². The molecule has 1 heterocycles. The lowest BCUT2D eigenvalue weighted by Gasteiger charge is -2.06. The Balaban J connectivity index is 2.01. The van der Waals surface area contributed by atoms with Gasteiger partial charge >= 0.3 is 0 Å². The van der Waals surface area contributed by atoms with E-state index in [1.54, 1.807) is 0 Å². The van der Waals surface area contributed by atoms with Gasteiger partial charge in [-0.1, -0.05) is 6.07 Å². The lowest BCUT2D eigenvalue weighted by molar-refractivity contribution is 0.102. The van der Waals surface area contributed by atoms with Gasteiger partial charge in [-0.05, 0) is 36.4 Å². The molecule has 0 saturated carbocycles. The number of rotatable bonds is 2. The monoisotopic (exact) mass is 297 g/mol. The summed E-state index contributed by atoms with van der Waals surface area (Å²) in [5.74, 6) is -0.844. The van der Waals surface area contributed by atoms with Crippen LogP contribution in [-0.4, -0.2) is 16.1 Å². The Labute approximate surface area is 124 Å². The van der Waals surface area contributed by atoms with Crippen LogP contribution in [0.4, 0.5) is 5.69 Å². The van der Waals surface area contributed by atoms with Crippen LogP contribution in [0.1, 0.15) is 10.4 Å². The van der Waals surface area contributed by atoms with E-state index in [1.807, 2.05) is 0 Å². The summed E-state index contributed by atoms with van der Waals surface area (Å²) in [6, 6.07) is 10.2. The zero-order valence-electron chi connectivity index (χ0n) is 11.2. The third-order valence-corrected chi connectivity index (χ3v) is 3.15. The first-order valence-corrected chi connectivity index (χ1v) is 6.40. The Morgan fingerprint density at radius 1 is 1.05 bits per heavy atom. The first-order valence-electron chi connectivity index (χ1n) is 6.40. The second kappa shape index (κ2) is 5.25. The smallest absolute Gasteiger partial charge is 0.262 e. The van der Waals surface area contributed by atoms with Crippen molar-refractivity contribution in [2.45, 2.75) is 0 Å². The highest BCUT2D eigenvalue weighted by Crippen LogP contribution is 2.21. The van der Waals surface area contributed by atoms with Crippen molar-refractivity contribution in [2.24, 2.45) is 0 Å². The van der Waals surface area contributed by atoms with Crippen LogP contribution in [0.25, 0.3) is 11.0 Å². The summed E-state index contributed by atoms with van der Waals surface area (Å²) in [7, 11) is 0. The van der Waals surface area contributed by atoms with Crippen LogP contribution in [0, 0.1) is 0 Å². The molecule has 3 rings (SSSR count). The molecular weight excluding hydrogens is 286 g/mol. The molecule has 0 bridgehead atoms. The number of phenolic OH excluding ortho intramolecular Hbond substituents is 2. The van der Waals surface area contributed by atoms with Crippen LogP contribution in [0.15, 0.2) is 57.9 Å². The van der Waals surface area contributed by atoms with E-state index in [0.29, 0.717) is 5.69 Å². The van der Waals surface area contributed by atoms with Gasteiger partial charge in [-0.2, -0.15) is 0 Å². The fraction of sp³-hybridized carbons (Fsp3) is 0. The second-order valence-electron chi connectivity index (χ2n) is 4.63. The summed E-state index contributed by atoms with van der Waals surface area (Å²) in [4.78, 5) is 24.5. The van der Waals surface area contributed by atoms with E-state index in [4.69, 9.17) is 4.42 Å². The third-order valence-electron chi connectivity index (χ3n) is 3.15. The Kier molecular flexibility index (Phi) is 3.27. The second-order valence-corrected chi connectivity index (χ2v) is 4.63. The first kappa shape index (κ1) is 13.7. The number of carbonyl (C=O) groups excluding carboxylic acids is 1. The van der Waals surface area contributed by atoms with Crippen LogP contribution in [-0.2, 0) is 0 Å². The summed E-state index contributed by atoms with van der Waals surface area (Å²) < 4.78 is 5.22. The fourth-order valence-corrected chi connectivity index (χ4v) is 2.06. The number of hydrogen-bond donors (Lipinski definition) is 3. The van der Waals surface area contributed by atoms with Gasteiger partial charge in [0.2, 0.25) is 5.43 Å². The molecule has 3 aromatic rings. The minimum atomic E-state index is -0.662. The Bertz CT molecular complexity index is 912. The number of carbonyl (C=O) groups is 1. The molecule has 0 saturated heterocycles. The number of fused-ring (bicyclic) bond motifs is 1. The maximum Gasteiger partial charge on any atom is 0.262 e. The lowest BCUT2D eigenvalue weighted by Crippen LogP contribution is -2.21. The quantitative estimate of drug-likeness (QED) is 0.631. The van der Waals surface area contributed by atoms with Crippen LogP contribution >= 0.6 is 0 Å². The number of phenols is 2. The van der Waals surface area contributed by atoms with Gasteiger partial charge in [-0.15, -0.1) is 0 Å². The zero-order chi connectivity index (χ0) is 15.7. The van der Waals surface area contributed by atoms with Crippen molar-refractivity contribution in [3.05, 3.63) is 64.5 Å². The van der Waals surface area contributed by atoms with Gasteiger partial charge in [0, 0.05) is 5.69 Å². The number of benzene rings is 2. The molecule has 6 nitrogen and oxygen atoms in total. The zero-order valence-corrected chi connectivity index (χ0v) is 11.2. The molecular formula is C16H11NO5. The normalized spacial score (nSPS) is 10.5. The molecule has 22 heavy (non-hydrogen) atoms. The molecule has 0 atom stereocenters. The summed E-state index contributed by atoms with van der Waals surface area (Å²) in [5.41, 5.74) is -0.219. The maximum absolute atomic E-state index is 12.3. The van der Waals surface area contributed by atoms with Gasteiger partial charge in [0.05, 0.1) is 0 Å². The van der Waals surface area contributed by atoms with E-state index in [-0.39, 0.29) is 28.0 Å². The minimum Gasteiger partial charge on any atom is -0.508 e. The van der Waals surface area contributed by atoms with Gasteiger partial charge < -0.3 is 19.9 Å². The van der Waals surface area contributed by atoms with E-state index in [1.165, 1.54) is 42.5 Å². The van der Waals surface area contributed by atoms with Crippen molar-refractivity contribution in [3.8, 4) is 11.5 Å². The van der Waals surface area contributed by atoms with Crippen molar-refractivity contribution in [1.29, 1.82) is 0 Å².